The molecule has 0 aliphatic rings. The van der Waals surface area contributed by atoms with Crippen LogP contribution in [-0.2, 0) is 6.42 Å². The number of hydrogen-bond acceptors (Lipinski definition) is 5. The summed E-state index contributed by atoms with van der Waals surface area (Å²) in [6, 6.07) is 7.84. The number of hydrogen-bond donors (Lipinski definition) is 0. The van der Waals surface area contributed by atoms with Gasteiger partial charge in [0.2, 0.25) is 0 Å². The Labute approximate surface area is 115 Å². The van der Waals surface area contributed by atoms with Crippen LogP contribution in [0.15, 0.2) is 42.7 Å². The van der Waals surface area contributed by atoms with Gasteiger partial charge in [0.25, 0.3) is 0 Å². The van der Waals surface area contributed by atoms with Gasteiger partial charge in [-0.05, 0) is 23.8 Å². The summed E-state index contributed by atoms with van der Waals surface area (Å²) in [5.41, 5.74) is 1.02. The van der Waals surface area contributed by atoms with Gasteiger partial charge < -0.3 is 4.74 Å². The average molecular weight is 272 g/mol. The minimum Gasteiger partial charge on any atom is -0.486 e. The van der Waals surface area contributed by atoms with Crippen LogP contribution in [0.2, 0.25) is 0 Å². The summed E-state index contributed by atoms with van der Waals surface area (Å²) in [5.74, 6) is 0.157. The first-order valence-corrected chi connectivity index (χ1v) is 5.96. The molecule has 0 N–H and O–H groups in total. The molecular formula is C14H12N2O4. The third kappa shape index (κ3) is 3.38. The van der Waals surface area contributed by atoms with Crippen molar-refractivity contribution in [1.29, 1.82) is 0 Å². The number of nitro groups is 1. The molecule has 2 aromatic rings. The molecule has 0 aliphatic carbocycles. The lowest BCUT2D eigenvalue weighted by molar-refractivity contribution is -0.385. The van der Waals surface area contributed by atoms with Crippen molar-refractivity contribution in [2.24, 2.45) is 0 Å². The Hall–Kier alpha value is -2.76. The lowest BCUT2D eigenvalue weighted by Gasteiger charge is -2.07. The Morgan fingerprint density at radius 3 is 2.85 bits per heavy atom. The number of nitrogens with zero attached hydrogens (tertiary/aromatic N) is 2. The highest BCUT2D eigenvalue weighted by Gasteiger charge is 2.15. The van der Waals surface area contributed by atoms with Crippen LogP contribution in [0.25, 0.3) is 0 Å². The van der Waals surface area contributed by atoms with Crippen molar-refractivity contribution < 1.29 is 14.5 Å². The van der Waals surface area contributed by atoms with Gasteiger partial charge in [-0.3, -0.25) is 19.9 Å². The molecule has 0 atom stereocenters. The Balaban J connectivity index is 2.05. The molecule has 0 amide bonds. The van der Waals surface area contributed by atoms with Crippen LogP contribution in [0, 0.1) is 10.1 Å². The van der Waals surface area contributed by atoms with Crippen molar-refractivity contribution in [3.05, 3.63) is 64.0 Å². The fourth-order valence-electron chi connectivity index (χ4n) is 1.70. The molecule has 6 heteroatoms. The topological polar surface area (TPSA) is 82.3 Å². The van der Waals surface area contributed by atoms with Gasteiger partial charge >= 0.3 is 5.69 Å². The summed E-state index contributed by atoms with van der Waals surface area (Å²) in [7, 11) is 0. The van der Waals surface area contributed by atoms with Crippen LogP contribution in [0.3, 0.4) is 0 Å². The number of carbonyl (C=O) groups is 1. The molecule has 0 bridgehead atoms. The van der Waals surface area contributed by atoms with Gasteiger partial charge in [-0.25, -0.2) is 0 Å². The first-order valence-electron chi connectivity index (χ1n) is 5.96. The number of aromatic nitrogens is 1. The third-order valence-electron chi connectivity index (χ3n) is 2.69. The number of benzene rings is 1. The Morgan fingerprint density at radius 1 is 1.35 bits per heavy atom. The van der Waals surface area contributed by atoms with Gasteiger partial charge in [0.05, 0.1) is 11.5 Å². The van der Waals surface area contributed by atoms with Gasteiger partial charge in [0.15, 0.2) is 5.75 Å². The van der Waals surface area contributed by atoms with E-state index in [0.29, 0.717) is 19.3 Å². The van der Waals surface area contributed by atoms with Crippen LogP contribution in [0.4, 0.5) is 5.69 Å². The zero-order valence-corrected chi connectivity index (χ0v) is 10.6. The summed E-state index contributed by atoms with van der Waals surface area (Å²) in [6.07, 6.45) is 4.55. The van der Waals surface area contributed by atoms with Crippen molar-refractivity contribution in [2.75, 3.05) is 6.61 Å². The fourth-order valence-corrected chi connectivity index (χ4v) is 1.70. The van der Waals surface area contributed by atoms with Crippen LogP contribution in [-0.4, -0.2) is 22.8 Å². The maximum absolute atomic E-state index is 10.9. The van der Waals surface area contributed by atoms with Crippen LogP contribution >= 0.6 is 0 Å². The second kappa shape index (κ2) is 6.42. The number of rotatable bonds is 6. The van der Waals surface area contributed by atoms with E-state index in [9.17, 15) is 14.9 Å². The van der Waals surface area contributed by atoms with E-state index < -0.39 is 4.92 Å². The lowest BCUT2D eigenvalue weighted by atomic mass is 10.2. The molecule has 6 nitrogen and oxygen atoms in total. The smallest absolute Gasteiger partial charge is 0.311 e. The van der Waals surface area contributed by atoms with E-state index in [1.807, 2.05) is 12.1 Å². The predicted octanol–water partition coefficient (Wildman–Crippen LogP) is 2.42. The third-order valence-corrected chi connectivity index (χ3v) is 2.69. The second-order valence-electron chi connectivity index (χ2n) is 4.06. The molecule has 0 fully saturated rings. The maximum atomic E-state index is 10.9. The van der Waals surface area contributed by atoms with E-state index in [-0.39, 0.29) is 17.0 Å². The highest BCUT2D eigenvalue weighted by Crippen LogP contribution is 2.27. The monoisotopic (exact) mass is 272 g/mol. The van der Waals surface area contributed by atoms with Gasteiger partial charge in [-0.1, -0.05) is 6.07 Å². The van der Waals surface area contributed by atoms with Crippen LogP contribution in [0.5, 0.6) is 5.75 Å². The standard InChI is InChI=1S/C14H12N2O4/c17-10-12-3-4-14(13(8-12)16(18)19)20-7-5-11-2-1-6-15-9-11/h1-4,6,8-10H,5,7H2. The molecule has 102 valence electrons. The first kappa shape index (κ1) is 13.7. The average Bonchev–Trinajstić information content (AvgIpc) is 2.48. The molecule has 0 radical (unpaired) electrons. The largest absolute Gasteiger partial charge is 0.486 e. The Kier molecular flexibility index (Phi) is 4.39. The number of aldehydes is 1. The highest BCUT2D eigenvalue weighted by atomic mass is 16.6. The molecule has 0 aliphatic heterocycles. The molecule has 0 spiro atoms. The van der Waals surface area contributed by atoms with Gasteiger partial charge in [-0.2, -0.15) is 0 Å². The molecule has 0 unspecified atom stereocenters. The summed E-state index contributed by atoms with van der Waals surface area (Å²) >= 11 is 0. The van der Waals surface area contributed by atoms with Gasteiger partial charge in [0, 0.05) is 30.4 Å². The summed E-state index contributed by atoms with van der Waals surface area (Å²) in [4.78, 5) is 25.0. The van der Waals surface area contributed by atoms with Crippen molar-refractivity contribution in [1.82, 2.24) is 4.98 Å². The fraction of sp³-hybridized carbons (Fsp3) is 0.143. The molecule has 1 aromatic carbocycles. The van der Waals surface area contributed by atoms with Crippen LogP contribution in [0.1, 0.15) is 15.9 Å². The SMILES string of the molecule is O=Cc1ccc(OCCc2cccnc2)c([N+](=O)[O-])c1. The highest BCUT2D eigenvalue weighted by molar-refractivity contribution is 5.77. The lowest BCUT2D eigenvalue weighted by Crippen LogP contribution is -2.04. The maximum Gasteiger partial charge on any atom is 0.311 e. The van der Waals surface area contributed by atoms with E-state index in [4.69, 9.17) is 4.74 Å². The molecule has 0 saturated carbocycles. The van der Waals surface area contributed by atoms with E-state index in [1.165, 1.54) is 18.2 Å². The van der Waals surface area contributed by atoms with Gasteiger partial charge in [-0.15, -0.1) is 0 Å². The summed E-state index contributed by atoms with van der Waals surface area (Å²) in [5, 5.41) is 10.9. The summed E-state index contributed by atoms with van der Waals surface area (Å²) < 4.78 is 5.42. The molecule has 1 heterocycles. The molecule has 20 heavy (non-hydrogen) atoms. The normalized spacial score (nSPS) is 10.0. The number of nitro benzene ring substituents is 1. The number of pyridine rings is 1. The molecular weight excluding hydrogens is 260 g/mol. The van der Waals surface area contributed by atoms with E-state index in [1.54, 1.807) is 12.4 Å². The number of carbonyl (C=O) groups excluding carboxylic acids is 1. The minimum atomic E-state index is -0.563. The molecule has 2 rings (SSSR count). The molecule has 1 aromatic heterocycles. The first-order chi connectivity index (χ1) is 9.70. The second-order valence-corrected chi connectivity index (χ2v) is 4.06. The van der Waals surface area contributed by atoms with E-state index in [0.717, 1.165) is 5.56 Å². The van der Waals surface area contributed by atoms with E-state index in [2.05, 4.69) is 4.98 Å². The minimum absolute atomic E-state index is 0.157. The van der Waals surface area contributed by atoms with Crippen molar-refractivity contribution in [2.45, 2.75) is 6.42 Å². The molecule has 0 saturated heterocycles. The van der Waals surface area contributed by atoms with Gasteiger partial charge in [0.1, 0.15) is 6.29 Å². The Morgan fingerprint density at radius 2 is 2.20 bits per heavy atom. The summed E-state index contributed by atoms with van der Waals surface area (Å²) in [6.45, 7) is 0.299. The zero-order chi connectivity index (χ0) is 14.4. The quantitative estimate of drug-likeness (QED) is 0.458. The number of ether oxygens (including phenoxy) is 1. The Bertz CT molecular complexity index is 614. The van der Waals surface area contributed by atoms with E-state index >= 15 is 0 Å². The van der Waals surface area contributed by atoms with Crippen molar-refractivity contribution >= 4 is 12.0 Å². The zero-order valence-electron chi connectivity index (χ0n) is 10.6. The van der Waals surface area contributed by atoms with Crippen LogP contribution < -0.4 is 4.74 Å². The predicted molar refractivity (Wildman–Crippen MR) is 71.9 cm³/mol. The van der Waals surface area contributed by atoms with Crippen molar-refractivity contribution in [3.63, 3.8) is 0 Å². The van der Waals surface area contributed by atoms with Crippen molar-refractivity contribution in [3.8, 4) is 5.75 Å².